The first-order chi connectivity index (χ1) is 12.5. The van der Waals surface area contributed by atoms with Gasteiger partial charge in [0, 0.05) is 30.0 Å². The summed E-state index contributed by atoms with van der Waals surface area (Å²) in [6, 6.07) is 13.7. The molecule has 0 radical (unpaired) electrons. The molecular weight excluding hydrogens is 350 g/mol. The summed E-state index contributed by atoms with van der Waals surface area (Å²) in [5.41, 5.74) is 2.08. The first-order valence-electron chi connectivity index (χ1n) is 8.69. The van der Waals surface area contributed by atoms with Gasteiger partial charge in [0.2, 0.25) is 10.0 Å². The van der Waals surface area contributed by atoms with Gasteiger partial charge in [0.15, 0.2) is 0 Å². The lowest BCUT2D eigenvalue weighted by molar-refractivity contribution is 0.102. The van der Waals surface area contributed by atoms with Gasteiger partial charge in [-0.25, -0.2) is 13.1 Å². The highest BCUT2D eigenvalue weighted by atomic mass is 32.2. The Kier molecular flexibility index (Phi) is 5.58. The van der Waals surface area contributed by atoms with Gasteiger partial charge in [0.1, 0.15) is 0 Å². The number of nitrogens with one attached hydrogen (secondary N) is 2. The first kappa shape index (κ1) is 18.4. The van der Waals surface area contributed by atoms with Crippen molar-refractivity contribution < 1.29 is 13.2 Å². The molecule has 0 saturated carbocycles. The molecule has 2 aromatic carbocycles. The number of nitrogens with zero attached hydrogens (tertiary/aromatic N) is 1. The van der Waals surface area contributed by atoms with Crippen LogP contribution in [0.1, 0.15) is 29.6 Å². The Morgan fingerprint density at radius 1 is 1.00 bits per heavy atom. The maximum absolute atomic E-state index is 12.5. The topological polar surface area (TPSA) is 78.5 Å². The van der Waals surface area contributed by atoms with Crippen LogP contribution >= 0.6 is 0 Å². The summed E-state index contributed by atoms with van der Waals surface area (Å²) in [5, 5.41) is 2.85. The molecule has 1 fully saturated rings. The van der Waals surface area contributed by atoms with Gasteiger partial charge in [-0.2, -0.15) is 0 Å². The summed E-state index contributed by atoms with van der Waals surface area (Å²) in [7, 11) is -2.24. The van der Waals surface area contributed by atoms with Crippen LogP contribution in [0.4, 0.5) is 11.4 Å². The standard InChI is InChI=1S/C19H23N3O3S/c1-20-26(24,25)18-10-5-7-15(13-18)19(23)21-16-8-6-9-17(14-16)22-11-3-2-4-12-22/h5-10,13-14,20H,2-4,11-12H2,1H3,(H,21,23). The summed E-state index contributed by atoms with van der Waals surface area (Å²) in [6.45, 7) is 2.06. The summed E-state index contributed by atoms with van der Waals surface area (Å²) < 4.78 is 26.1. The third kappa shape index (κ3) is 4.23. The summed E-state index contributed by atoms with van der Waals surface area (Å²) in [4.78, 5) is 14.9. The van der Waals surface area contributed by atoms with Gasteiger partial charge in [-0.3, -0.25) is 4.79 Å². The van der Waals surface area contributed by atoms with E-state index in [-0.39, 0.29) is 10.8 Å². The van der Waals surface area contributed by atoms with Crippen molar-refractivity contribution in [2.75, 3.05) is 30.4 Å². The lowest BCUT2D eigenvalue weighted by Gasteiger charge is -2.29. The van der Waals surface area contributed by atoms with Crippen molar-refractivity contribution in [2.24, 2.45) is 0 Å². The van der Waals surface area contributed by atoms with Crippen LogP contribution in [0.15, 0.2) is 53.4 Å². The zero-order valence-electron chi connectivity index (χ0n) is 14.7. The molecular formula is C19H23N3O3S. The number of anilines is 2. The van der Waals surface area contributed by atoms with Crippen molar-refractivity contribution in [2.45, 2.75) is 24.2 Å². The van der Waals surface area contributed by atoms with Crippen LogP contribution in [-0.2, 0) is 10.0 Å². The number of carbonyl (C=O) groups is 1. The van der Waals surface area contributed by atoms with Gasteiger partial charge in [0.25, 0.3) is 5.91 Å². The van der Waals surface area contributed by atoms with E-state index in [4.69, 9.17) is 0 Å². The van der Waals surface area contributed by atoms with Crippen molar-refractivity contribution in [3.8, 4) is 0 Å². The second kappa shape index (κ2) is 7.88. The number of amides is 1. The van der Waals surface area contributed by atoms with Gasteiger partial charge >= 0.3 is 0 Å². The van der Waals surface area contributed by atoms with Crippen LogP contribution < -0.4 is 14.9 Å². The molecule has 1 aliphatic heterocycles. The molecule has 7 heteroatoms. The Labute approximate surface area is 154 Å². The van der Waals surface area contributed by atoms with Crippen molar-refractivity contribution in [1.29, 1.82) is 0 Å². The Morgan fingerprint density at radius 3 is 2.46 bits per heavy atom. The minimum absolute atomic E-state index is 0.0646. The monoisotopic (exact) mass is 373 g/mol. The normalized spacial score (nSPS) is 14.9. The van der Waals surface area contributed by atoms with E-state index in [1.807, 2.05) is 24.3 Å². The predicted octanol–water partition coefficient (Wildman–Crippen LogP) is 2.84. The number of hydrogen-bond donors (Lipinski definition) is 2. The second-order valence-corrected chi connectivity index (χ2v) is 8.17. The molecule has 2 aromatic rings. The van der Waals surface area contributed by atoms with Crippen molar-refractivity contribution in [3.63, 3.8) is 0 Å². The molecule has 0 aliphatic carbocycles. The third-order valence-corrected chi connectivity index (χ3v) is 5.91. The highest BCUT2D eigenvalue weighted by Gasteiger charge is 2.15. The molecule has 0 atom stereocenters. The van der Waals surface area contributed by atoms with Gasteiger partial charge < -0.3 is 10.2 Å². The van der Waals surface area contributed by atoms with E-state index in [0.29, 0.717) is 11.3 Å². The molecule has 1 amide bonds. The fraction of sp³-hybridized carbons (Fsp3) is 0.316. The number of carbonyl (C=O) groups excluding carboxylic acids is 1. The minimum atomic E-state index is -3.58. The molecule has 0 unspecified atom stereocenters. The molecule has 0 spiro atoms. The van der Waals surface area contributed by atoms with E-state index in [0.717, 1.165) is 18.8 Å². The van der Waals surface area contributed by atoms with Gasteiger partial charge in [-0.05, 0) is 62.7 Å². The number of hydrogen-bond acceptors (Lipinski definition) is 4. The minimum Gasteiger partial charge on any atom is -0.371 e. The number of sulfonamides is 1. The SMILES string of the molecule is CNS(=O)(=O)c1cccc(C(=O)Nc2cccc(N3CCCCC3)c2)c1. The Bertz CT molecular complexity index is 890. The molecule has 26 heavy (non-hydrogen) atoms. The highest BCUT2D eigenvalue weighted by Crippen LogP contribution is 2.23. The number of benzene rings is 2. The van der Waals surface area contributed by atoms with Gasteiger partial charge in [-0.15, -0.1) is 0 Å². The molecule has 1 aliphatic rings. The largest absolute Gasteiger partial charge is 0.371 e. The van der Waals surface area contributed by atoms with Gasteiger partial charge in [0.05, 0.1) is 4.90 Å². The average molecular weight is 373 g/mol. The van der Waals surface area contributed by atoms with Crippen LogP contribution in [0.2, 0.25) is 0 Å². The van der Waals surface area contributed by atoms with Gasteiger partial charge in [-0.1, -0.05) is 12.1 Å². The summed E-state index contributed by atoms with van der Waals surface area (Å²) >= 11 is 0. The Balaban J connectivity index is 1.77. The maximum atomic E-state index is 12.5. The molecule has 138 valence electrons. The molecule has 6 nitrogen and oxygen atoms in total. The number of rotatable bonds is 5. The van der Waals surface area contributed by atoms with Crippen molar-refractivity contribution in [1.82, 2.24) is 4.72 Å². The van der Waals surface area contributed by atoms with Crippen LogP contribution in [0, 0.1) is 0 Å². The fourth-order valence-electron chi connectivity index (χ4n) is 3.06. The maximum Gasteiger partial charge on any atom is 0.255 e. The summed E-state index contributed by atoms with van der Waals surface area (Å²) in [5.74, 6) is -0.339. The second-order valence-electron chi connectivity index (χ2n) is 6.29. The van der Waals surface area contributed by atoms with Crippen LogP contribution in [0.25, 0.3) is 0 Å². The molecule has 0 bridgehead atoms. The fourth-order valence-corrected chi connectivity index (χ4v) is 3.83. The van der Waals surface area contributed by atoms with E-state index in [1.165, 1.54) is 38.4 Å². The summed E-state index contributed by atoms with van der Waals surface area (Å²) in [6.07, 6.45) is 3.63. The molecule has 1 saturated heterocycles. The first-order valence-corrected chi connectivity index (χ1v) is 10.2. The zero-order valence-corrected chi connectivity index (χ0v) is 15.6. The number of piperidine rings is 1. The molecule has 0 aromatic heterocycles. The van der Waals surface area contributed by atoms with E-state index >= 15 is 0 Å². The quantitative estimate of drug-likeness (QED) is 0.845. The average Bonchev–Trinajstić information content (AvgIpc) is 2.69. The zero-order chi connectivity index (χ0) is 18.6. The highest BCUT2D eigenvalue weighted by molar-refractivity contribution is 7.89. The Morgan fingerprint density at radius 2 is 1.73 bits per heavy atom. The lowest BCUT2D eigenvalue weighted by atomic mass is 10.1. The van der Waals surface area contributed by atoms with Crippen LogP contribution in [0.5, 0.6) is 0 Å². The van der Waals surface area contributed by atoms with E-state index in [2.05, 4.69) is 14.9 Å². The third-order valence-electron chi connectivity index (χ3n) is 4.50. The van der Waals surface area contributed by atoms with E-state index in [9.17, 15) is 13.2 Å². The van der Waals surface area contributed by atoms with E-state index in [1.54, 1.807) is 12.1 Å². The van der Waals surface area contributed by atoms with E-state index < -0.39 is 10.0 Å². The smallest absolute Gasteiger partial charge is 0.255 e. The van der Waals surface area contributed by atoms with Crippen LogP contribution in [-0.4, -0.2) is 34.5 Å². The Hall–Kier alpha value is -2.38. The molecule has 2 N–H and O–H groups in total. The molecule has 1 heterocycles. The van der Waals surface area contributed by atoms with Crippen LogP contribution in [0.3, 0.4) is 0 Å². The predicted molar refractivity (Wildman–Crippen MR) is 103 cm³/mol. The molecule has 3 rings (SSSR count). The lowest BCUT2D eigenvalue weighted by Crippen LogP contribution is -2.29. The van der Waals surface area contributed by atoms with Crippen molar-refractivity contribution in [3.05, 3.63) is 54.1 Å². The van der Waals surface area contributed by atoms with Crippen molar-refractivity contribution >= 4 is 27.3 Å².